The summed E-state index contributed by atoms with van der Waals surface area (Å²) in [5.74, 6) is 0.0227. The van der Waals surface area contributed by atoms with Crippen molar-refractivity contribution in [1.29, 1.82) is 0 Å². The minimum atomic E-state index is -0.368. The van der Waals surface area contributed by atoms with Gasteiger partial charge < -0.3 is 15.3 Å². The molecule has 1 aromatic carbocycles. The number of likely N-dealkylation sites (N-methyl/N-ethyl adjacent to an activating group) is 1. The van der Waals surface area contributed by atoms with E-state index in [0.29, 0.717) is 13.0 Å². The van der Waals surface area contributed by atoms with Crippen LogP contribution in [0.1, 0.15) is 13.3 Å². The Kier molecular flexibility index (Phi) is 8.16. The molecule has 4 nitrogen and oxygen atoms in total. The third-order valence-electron chi connectivity index (χ3n) is 2.53. The Morgan fingerprint density at radius 2 is 2.00 bits per heavy atom. The van der Waals surface area contributed by atoms with Gasteiger partial charge in [0.15, 0.2) is 0 Å². The molecule has 0 radical (unpaired) electrons. The lowest BCUT2D eigenvalue weighted by molar-refractivity contribution is -0.128. The molecule has 102 valence electrons. The Labute approximate surface area is 114 Å². The molecule has 0 aromatic heterocycles. The Morgan fingerprint density at radius 3 is 2.56 bits per heavy atom. The van der Waals surface area contributed by atoms with Gasteiger partial charge in [0.05, 0.1) is 12.6 Å². The summed E-state index contributed by atoms with van der Waals surface area (Å²) in [7, 11) is 1.75. The molecule has 1 atom stereocenters. The number of benzene rings is 1. The zero-order chi connectivity index (χ0) is 12.7. The summed E-state index contributed by atoms with van der Waals surface area (Å²) in [6, 6.07) is 9.61. The highest BCUT2D eigenvalue weighted by molar-refractivity contribution is 5.85. The largest absolute Gasteiger partial charge is 0.393 e. The smallest absolute Gasteiger partial charge is 0.241 e. The van der Waals surface area contributed by atoms with Crippen LogP contribution in [-0.2, 0) is 4.79 Å². The molecule has 0 heterocycles. The number of hydrogen-bond acceptors (Lipinski definition) is 3. The molecule has 0 spiro atoms. The Bertz CT molecular complexity index is 344. The van der Waals surface area contributed by atoms with Gasteiger partial charge in [-0.15, -0.1) is 12.4 Å². The predicted molar refractivity (Wildman–Crippen MR) is 76.1 cm³/mol. The summed E-state index contributed by atoms with van der Waals surface area (Å²) in [6.45, 7) is 2.58. The van der Waals surface area contributed by atoms with E-state index in [2.05, 4.69) is 5.32 Å². The van der Waals surface area contributed by atoms with Gasteiger partial charge in [0, 0.05) is 19.3 Å². The number of nitrogens with one attached hydrogen (secondary N) is 1. The van der Waals surface area contributed by atoms with Gasteiger partial charge in [-0.05, 0) is 25.5 Å². The van der Waals surface area contributed by atoms with Gasteiger partial charge in [-0.2, -0.15) is 0 Å². The van der Waals surface area contributed by atoms with Crippen molar-refractivity contribution in [3.63, 3.8) is 0 Å². The van der Waals surface area contributed by atoms with Gasteiger partial charge in [-0.1, -0.05) is 18.2 Å². The van der Waals surface area contributed by atoms with Crippen molar-refractivity contribution < 1.29 is 9.90 Å². The number of halogens is 1. The molecular formula is C13H21ClN2O2. The number of aliphatic hydroxyl groups is 1. The number of aliphatic hydroxyl groups excluding tert-OH is 1. The fraction of sp³-hybridized carbons (Fsp3) is 0.462. The van der Waals surface area contributed by atoms with Gasteiger partial charge in [-0.3, -0.25) is 4.79 Å². The Hall–Kier alpha value is -1.26. The topological polar surface area (TPSA) is 52.6 Å². The second-order valence-corrected chi connectivity index (χ2v) is 4.17. The number of anilines is 1. The van der Waals surface area contributed by atoms with E-state index in [0.717, 1.165) is 5.69 Å². The van der Waals surface area contributed by atoms with E-state index < -0.39 is 0 Å². The molecule has 5 heteroatoms. The van der Waals surface area contributed by atoms with Gasteiger partial charge in [0.25, 0.3) is 0 Å². The monoisotopic (exact) mass is 272 g/mol. The number of hydrogen-bond donors (Lipinski definition) is 2. The van der Waals surface area contributed by atoms with Gasteiger partial charge in [0.2, 0.25) is 5.91 Å². The molecule has 1 unspecified atom stereocenters. The maximum absolute atomic E-state index is 11.7. The van der Waals surface area contributed by atoms with Crippen molar-refractivity contribution in [2.75, 3.05) is 25.5 Å². The van der Waals surface area contributed by atoms with Crippen LogP contribution in [0.2, 0.25) is 0 Å². The van der Waals surface area contributed by atoms with Crippen molar-refractivity contribution >= 4 is 24.0 Å². The Balaban J connectivity index is 0.00000289. The Morgan fingerprint density at radius 1 is 1.39 bits per heavy atom. The molecule has 1 rings (SSSR count). The SMILES string of the molecule is CC(O)CCN(C)C(=O)CNc1ccccc1.Cl. The maximum atomic E-state index is 11.7. The molecule has 1 amide bonds. The van der Waals surface area contributed by atoms with Gasteiger partial charge in [0.1, 0.15) is 0 Å². The predicted octanol–water partition coefficient (Wildman–Crippen LogP) is 1.75. The summed E-state index contributed by atoms with van der Waals surface area (Å²) < 4.78 is 0. The van der Waals surface area contributed by atoms with E-state index in [9.17, 15) is 4.79 Å². The van der Waals surface area contributed by atoms with E-state index in [1.165, 1.54) is 0 Å². The van der Waals surface area contributed by atoms with Crippen LogP contribution in [0.5, 0.6) is 0 Å². The normalized spacial score (nSPS) is 11.3. The van der Waals surface area contributed by atoms with E-state index in [4.69, 9.17) is 5.11 Å². The number of nitrogens with zero attached hydrogens (tertiary/aromatic N) is 1. The van der Waals surface area contributed by atoms with Crippen LogP contribution >= 0.6 is 12.4 Å². The van der Waals surface area contributed by atoms with Crippen molar-refractivity contribution in [2.24, 2.45) is 0 Å². The van der Waals surface area contributed by atoms with E-state index in [1.807, 2.05) is 30.3 Å². The molecule has 0 aliphatic heterocycles. The van der Waals surface area contributed by atoms with Crippen molar-refractivity contribution in [2.45, 2.75) is 19.4 Å². The summed E-state index contributed by atoms with van der Waals surface area (Å²) in [5, 5.41) is 12.2. The van der Waals surface area contributed by atoms with E-state index in [-0.39, 0.29) is 31.0 Å². The molecular weight excluding hydrogens is 252 g/mol. The minimum absolute atomic E-state index is 0. The lowest BCUT2D eigenvalue weighted by atomic mass is 10.2. The molecule has 0 saturated heterocycles. The standard InChI is InChI=1S/C13H20N2O2.ClH/c1-11(16)8-9-15(2)13(17)10-14-12-6-4-3-5-7-12;/h3-7,11,14,16H,8-10H2,1-2H3;1H. The fourth-order valence-corrected chi connectivity index (χ4v) is 1.37. The zero-order valence-corrected chi connectivity index (χ0v) is 11.6. The summed E-state index contributed by atoms with van der Waals surface area (Å²) in [4.78, 5) is 13.3. The maximum Gasteiger partial charge on any atom is 0.241 e. The molecule has 0 saturated carbocycles. The third-order valence-corrected chi connectivity index (χ3v) is 2.53. The fourth-order valence-electron chi connectivity index (χ4n) is 1.37. The first kappa shape index (κ1) is 16.7. The van der Waals surface area contributed by atoms with Crippen LogP contribution in [0.25, 0.3) is 0 Å². The van der Waals surface area contributed by atoms with Gasteiger partial charge >= 0.3 is 0 Å². The van der Waals surface area contributed by atoms with Crippen molar-refractivity contribution in [1.82, 2.24) is 4.90 Å². The number of para-hydroxylation sites is 1. The first-order chi connectivity index (χ1) is 8.09. The second-order valence-electron chi connectivity index (χ2n) is 4.17. The zero-order valence-electron chi connectivity index (χ0n) is 10.8. The average molecular weight is 273 g/mol. The van der Waals surface area contributed by atoms with Crippen LogP contribution in [0.3, 0.4) is 0 Å². The van der Waals surface area contributed by atoms with Crippen LogP contribution in [-0.4, -0.2) is 42.2 Å². The number of amides is 1. The molecule has 0 aliphatic carbocycles. The second kappa shape index (κ2) is 8.78. The van der Waals surface area contributed by atoms with Crippen molar-refractivity contribution in [3.05, 3.63) is 30.3 Å². The van der Waals surface area contributed by atoms with E-state index >= 15 is 0 Å². The molecule has 0 fully saturated rings. The highest BCUT2D eigenvalue weighted by Gasteiger charge is 2.08. The lowest BCUT2D eigenvalue weighted by Crippen LogP contribution is -2.34. The van der Waals surface area contributed by atoms with Gasteiger partial charge in [-0.25, -0.2) is 0 Å². The third kappa shape index (κ3) is 6.47. The quantitative estimate of drug-likeness (QED) is 0.830. The van der Waals surface area contributed by atoms with Crippen LogP contribution < -0.4 is 5.32 Å². The van der Waals surface area contributed by atoms with E-state index in [1.54, 1.807) is 18.9 Å². The van der Waals surface area contributed by atoms with Crippen molar-refractivity contribution in [3.8, 4) is 0 Å². The van der Waals surface area contributed by atoms with Crippen LogP contribution in [0, 0.1) is 0 Å². The number of carbonyl (C=O) groups excluding carboxylic acids is 1. The molecule has 0 bridgehead atoms. The molecule has 2 N–H and O–H groups in total. The minimum Gasteiger partial charge on any atom is -0.393 e. The van der Waals surface area contributed by atoms with Crippen LogP contribution in [0.15, 0.2) is 30.3 Å². The average Bonchev–Trinajstić information content (AvgIpc) is 2.34. The highest BCUT2D eigenvalue weighted by Crippen LogP contribution is 2.04. The number of rotatable bonds is 6. The molecule has 1 aromatic rings. The lowest BCUT2D eigenvalue weighted by Gasteiger charge is -2.18. The number of carbonyl (C=O) groups is 1. The molecule has 0 aliphatic rings. The molecule has 18 heavy (non-hydrogen) atoms. The summed E-state index contributed by atoms with van der Waals surface area (Å²) in [6.07, 6.45) is 0.237. The first-order valence-electron chi connectivity index (χ1n) is 5.80. The summed E-state index contributed by atoms with van der Waals surface area (Å²) in [5.41, 5.74) is 0.935. The highest BCUT2D eigenvalue weighted by atomic mass is 35.5. The van der Waals surface area contributed by atoms with Crippen LogP contribution in [0.4, 0.5) is 5.69 Å². The first-order valence-corrected chi connectivity index (χ1v) is 5.80. The summed E-state index contributed by atoms with van der Waals surface area (Å²) >= 11 is 0.